The Morgan fingerprint density at radius 3 is 0.847 bits per heavy atom. The second kappa shape index (κ2) is 15.0. The summed E-state index contributed by atoms with van der Waals surface area (Å²) in [5.74, 6) is 0. The number of rotatable bonds is 5. The van der Waals surface area contributed by atoms with Gasteiger partial charge in [-0.05, 0) is 126 Å². The molecule has 0 unspecified atom stereocenters. The molecule has 6 heteroatoms. The van der Waals surface area contributed by atoms with Gasteiger partial charge in [-0.3, -0.25) is 0 Å². The molecule has 5 nitrogen and oxygen atoms in total. The number of anilines is 6. The summed E-state index contributed by atoms with van der Waals surface area (Å²) < 4.78 is 7.41. The first-order chi connectivity index (χ1) is 35.8. The van der Waals surface area contributed by atoms with Crippen LogP contribution in [-0.2, 0) is 0 Å². The van der Waals surface area contributed by atoms with E-state index in [0.29, 0.717) is 0 Å². The molecule has 0 radical (unpaired) electrons. The summed E-state index contributed by atoms with van der Waals surface area (Å²) in [6, 6.07) is 94.4. The molecule has 2 aliphatic rings. The molecule has 2 aliphatic heterocycles. The molecule has 16 rings (SSSR count). The van der Waals surface area contributed by atoms with Crippen molar-refractivity contribution in [2.75, 3.05) is 9.80 Å². The molecule has 72 heavy (non-hydrogen) atoms. The fraction of sp³-hybridized carbons (Fsp3) is 0. The zero-order chi connectivity index (χ0) is 47.0. The minimum absolute atomic E-state index is 0.145. The van der Waals surface area contributed by atoms with Gasteiger partial charge >= 0.3 is 0 Å². The van der Waals surface area contributed by atoms with Crippen LogP contribution in [0.1, 0.15) is 0 Å². The zero-order valence-corrected chi connectivity index (χ0v) is 39.1. The lowest BCUT2D eigenvalue weighted by atomic mass is 9.33. The van der Waals surface area contributed by atoms with Crippen LogP contribution in [0.3, 0.4) is 0 Å². The normalized spacial score (nSPS) is 12.9. The highest BCUT2D eigenvalue weighted by molar-refractivity contribution is 7.00. The summed E-state index contributed by atoms with van der Waals surface area (Å²) in [4.78, 5) is 5.06. The number of fused-ring (bicyclic) bond motifs is 13. The van der Waals surface area contributed by atoms with Crippen LogP contribution < -0.4 is 26.2 Å². The summed E-state index contributed by atoms with van der Waals surface area (Å²) in [5, 5.41) is 7.48. The molecule has 0 bridgehead atoms. The number of aromatic nitrogens is 3. The Morgan fingerprint density at radius 1 is 0.222 bits per heavy atom. The van der Waals surface area contributed by atoms with Gasteiger partial charge in [0, 0.05) is 77.8 Å². The number of benzene rings is 11. The average Bonchev–Trinajstić information content (AvgIpc) is 4.09. The SMILES string of the molecule is c1ccc(N2c3ccc(-n4c5ccccc5c5ccccc54)cc3B3c4cc(-n5c6ccccc6c6ccccc65)ccc4N(c4ccccc4)c4cc(-n5c6ccccc6c6ccccc65)cc2c43)cc1. The van der Waals surface area contributed by atoms with Crippen LogP contribution in [0.25, 0.3) is 82.5 Å². The minimum atomic E-state index is -0.145. The molecule has 0 spiro atoms. The maximum Gasteiger partial charge on any atom is 0.252 e. The topological polar surface area (TPSA) is 21.3 Å². The Hall–Kier alpha value is -9.52. The molecule has 3 aromatic heterocycles. The number of hydrogen-bond acceptors (Lipinski definition) is 2. The van der Waals surface area contributed by atoms with Crippen molar-refractivity contribution in [3.63, 3.8) is 0 Å². The van der Waals surface area contributed by atoms with Crippen molar-refractivity contribution in [2.24, 2.45) is 0 Å². The van der Waals surface area contributed by atoms with E-state index >= 15 is 0 Å². The number of para-hydroxylation sites is 8. The molecular weight excluding hydrogens is 874 g/mol. The summed E-state index contributed by atoms with van der Waals surface area (Å²) in [7, 11) is 0. The van der Waals surface area contributed by atoms with Crippen molar-refractivity contribution in [1.29, 1.82) is 0 Å². The third kappa shape index (κ3) is 5.43. The van der Waals surface area contributed by atoms with Crippen molar-refractivity contribution in [1.82, 2.24) is 13.7 Å². The summed E-state index contributed by atoms with van der Waals surface area (Å²) in [6.07, 6.45) is 0. The Balaban J connectivity index is 1.05. The predicted octanol–water partition coefficient (Wildman–Crippen LogP) is 15.1. The maximum absolute atomic E-state index is 2.53. The molecule has 334 valence electrons. The molecule has 14 aromatic rings. The van der Waals surface area contributed by atoms with Gasteiger partial charge in [0.05, 0.1) is 38.8 Å². The van der Waals surface area contributed by atoms with Crippen molar-refractivity contribution < 1.29 is 0 Å². The van der Waals surface area contributed by atoms with E-state index in [1.807, 2.05) is 0 Å². The molecule has 11 aromatic carbocycles. The summed E-state index contributed by atoms with van der Waals surface area (Å²) in [5.41, 5.74) is 21.2. The molecule has 0 N–H and O–H groups in total. The van der Waals surface area contributed by atoms with Gasteiger partial charge in [-0.25, -0.2) is 0 Å². The van der Waals surface area contributed by atoms with Crippen LogP contribution in [0, 0.1) is 0 Å². The van der Waals surface area contributed by atoms with Gasteiger partial charge in [0.15, 0.2) is 0 Å². The fourth-order valence-corrected chi connectivity index (χ4v) is 12.7. The first kappa shape index (κ1) is 39.3. The van der Waals surface area contributed by atoms with Crippen LogP contribution in [0.15, 0.2) is 255 Å². The lowest BCUT2D eigenvalue weighted by molar-refractivity contribution is 1.15. The molecule has 0 aliphatic carbocycles. The average molecular weight is 916 g/mol. The van der Waals surface area contributed by atoms with Crippen molar-refractivity contribution in [3.05, 3.63) is 255 Å². The second-order valence-electron chi connectivity index (χ2n) is 19.3. The highest BCUT2D eigenvalue weighted by Crippen LogP contribution is 2.47. The highest BCUT2D eigenvalue weighted by Gasteiger charge is 2.44. The van der Waals surface area contributed by atoms with Gasteiger partial charge in [-0.1, -0.05) is 146 Å². The van der Waals surface area contributed by atoms with Gasteiger partial charge < -0.3 is 23.5 Å². The quantitative estimate of drug-likeness (QED) is 0.160. The van der Waals surface area contributed by atoms with E-state index in [1.54, 1.807) is 0 Å². The van der Waals surface area contributed by atoms with Crippen LogP contribution in [0.2, 0.25) is 0 Å². The van der Waals surface area contributed by atoms with Crippen molar-refractivity contribution in [3.8, 4) is 17.1 Å². The Morgan fingerprint density at radius 2 is 0.514 bits per heavy atom. The smallest absolute Gasteiger partial charge is 0.252 e. The van der Waals surface area contributed by atoms with E-state index in [-0.39, 0.29) is 6.71 Å². The van der Waals surface area contributed by atoms with Crippen molar-refractivity contribution in [2.45, 2.75) is 0 Å². The second-order valence-corrected chi connectivity index (χ2v) is 19.3. The third-order valence-corrected chi connectivity index (χ3v) is 15.6. The van der Waals surface area contributed by atoms with E-state index < -0.39 is 0 Å². The number of nitrogens with zero attached hydrogens (tertiary/aromatic N) is 5. The minimum Gasteiger partial charge on any atom is -0.311 e. The molecular formula is C66H42BN5. The van der Waals surface area contributed by atoms with Crippen LogP contribution >= 0.6 is 0 Å². The fourth-order valence-electron chi connectivity index (χ4n) is 12.7. The van der Waals surface area contributed by atoms with Crippen LogP contribution in [0.4, 0.5) is 34.1 Å². The Kier molecular flexibility index (Phi) is 8.19. The maximum atomic E-state index is 2.53. The lowest BCUT2D eigenvalue weighted by Crippen LogP contribution is -2.61. The van der Waals surface area contributed by atoms with Gasteiger partial charge in [-0.15, -0.1) is 0 Å². The van der Waals surface area contributed by atoms with Gasteiger partial charge in [0.1, 0.15) is 0 Å². The van der Waals surface area contributed by atoms with Crippen LogP contribution in [0.5, 0.6) is 0 Å². The predicted molar refractivity (Wildman–Crippen MR) is 303 cm³/mol. The van der Waals surface area contributed by atoms with E-state index in [0.717, 1.165) is 51.2 Å². The van der Waals surface area contributed by atoms with Crippen LogP contribution in [-0.4, -0.2) is 20.4 Å². The monoisotopic (exact) mass is 915 g/mol. The Bertz CT molecular complexity index is 4150. The molecule has 0 amide bonds. The van der Waals surface area contributed by atoms with Gasteiger partial charge in [0.2, 0.25) is 0 Å². The molecule has 0 fully saturated rings. The van der Waals surface area contributed by atoms with E-state index in [2.05, 4.69) is 278 Å². The largest absolute Gasteiger partial charge is 0.311 e. The standard InChI is InChI=1S/C66H42BN5/c1-3-19-43(20-4-1)68-62-37-35-45(70-56-29-13-7-23-48(56)49-24-8-14-30-57(49)70)39-54(62)67-55-40-46(71-58-31-15-9-25-50(58)51-26-10-16-32-59(51)71)36-38-63(55)69(44-21-5-2-6-22-44)65-42-47(41-64(68)66(65)67)72-60-33-17-11-27-52(60)53-28-12-18-34-61(53)72/h1-42H. The zero-order valence-electron chi connectivity index (χ0n) is 39.1. The summed E-state index contributed by atoms with van der Waals surface area (Å²) in [6.45, 7) is -0.145. The number of hydrogen-bond donors (Lipinski definition) is 0. The summed E-state index contributed by atoms with van der Waals surface area (Å²) >= 11 is 0. The molecule has 0 saturated heterocycles. The van der Waals surface area contributed by atoms with Gasteiger partial charge in [-0.2, -0.15) is 0 Å². The first-order valence-corrected chi connectivity index (χ1v) is 24.9. The van der Waals surface area contributed by atoms with E-state index in [9.17, 15) is 0 Å². The molecule has 5 heterocycles. The van der Waals surface area contributed by atoms with Crippen molar-refractivity contribution >= 4 is 123 Å². The van der Waals surface area contributed by atoms with Gasteiger partial charge in [0.25, 0.3) is 6.71 Å². The molecule has 0 atom stereocenters. The first-order valence-electron chi connectivity index (χ1n) is 24.9. The molecule has 0 saturated carbocycles. The van der Waals surface area contributed by atoms with E-state index in [1.165, 1.54) is 81.8 Å². The lowest BCUT2D eigenvalue weighted by Gasteiger charge is -2.44. The third-order valence-electron chi connectivity index (χ3n) is 15.6. The highest BCUT2D eigenvalue weighted by atomic mass is 15.2. The Labute approximate surface area is 416 Å². The van der Waals surface area contributed by atoms with E-state index in [4.69, 9.17) is 0 Å².